The van der Waals surface area contributed by atoms with Crippen LogP contribution in [0, 0.1) is 5.82 Å². The first kappa shape index (κ1) is 10.5. The van der Waals surface area contributed by atoms with Gasteiger partial charge >= 0.3 is 0 Å². The molecule has 0 radical (unpaired) electrons. The number of nitrogens with two attached hydrogens (primary N) is 1. The van der Waals surface area contributed by atoms with Gasteiger partial charge in [-0.25, -0.2) is 4.39 Å². The molecule has 1 aromatic rings. The minimum Gasteiger partial charge on any atom is -0.330 e. The lowest BCUT2D eigenvalue weighted by Crippen LogP contribution is -2.00. The molecule has 1 rings (SSSR count). The van der Waals surface area contributed by atoms with E-state index in [0.29, 0.717) is 11.4 Å². The van der Waals surface area contributed by atoms with E-state index in [1.165, 1.54) is 0 Å². The number of unbranched alkanes of at least 4 members (excludes halogenated alkanes) is 1. The number of hydrogen-bond donors (Lipinski definition) is 2. The third-order valence-electron chi connectivity index (χ3n) is 1.96. The fourth-order valence-electron chi connectivity index (χ4n) is 1.22. The van der Waals surface area contributed by atoms with Gasteiger partial charge in [0, 0.05) is 4.90 Å². The highest BCUT2D eigenvalue weighted by Gasteiger charge is 2.03. The summed E-state index contributed by atoms with van der Waals surface area (Å²) >= 11 is 4.01. The monoisotopic (exact) mass is 199 g/mol. The maximum atomic E-state index is 13.3. The van der Waals surface area contributed by atoms with Gasteiger partial charge in [-0.15, -0.1) is 12.6 Å². The second-order valence-corrected chi connectivity index (χ2v) is 3.48. The van der Waals surface area contributed by atoms with E-state index in [4.69, 9.17) is 5.73 Å². The SMILES string of the molecule is NCCCCc1cccc(S)c1F. The third kappa shape index (κ3) is 3.01. The van der Waals surface area contributed by atoms with Crippen LogP contribution in [0.4, 0.5) is 4.39 Å². The summed E-state index contributed by atoms with van der Waals surface area (Å²) in [5.74, 6) is -0.192. The Morgan fingerprint density at radius 2 is 2.08 bits per heavy atom. The average Bonchev–Trinajstić information content (AvgIpc) is 2.13. The van der Waals surface area contributed by atoms with Crippen LogP contribution in [-0.4, -0.2) is 6.54 Å². The van der Waals surface area contributed by atoms with Crippen molar-refractivity contribution in [1.82, 2.24) is 0 Å². The molecule has 0 saturated heterocycles. The Morgan fingerprint density at radius 1 is 1.31 bits per heavy atom. The van der Waals surface area contributed by atoms with Crippen LogP contribution in [0.3, 0.4) is 0 Å². The van der Waals surface area contributed by atoms with Crippen molar-refractivity contribution in [3.05, 3.63) is 29.6 Å². The van der Waals surface area contributed by atoms with Crippen LogP contribution in [-0.2, 0) is 6.42 Å². The Bertz CT molecular complexity index is 276. The molecule has 0 aliphatic carbocycles. The zero-order valence-electron chi connectivity index (χ0n) is 7.46. The zero-order chi connectivity index (χ0) is 9.68. The van der Waals surface area contributed by atoms with Gasteiger partial charge in [-0.3, -0.25) is 0 Å². The smallest absolute Gasteiger partial charge is 0.139 e. The summed E-state index contributed by atoms with van der Waals surface area (Å²) in [7, 11) is 0. The highest BCUT2D eigenvalue weighted by molar-refractivity contribution is 7.80. The molecular weight excluding hydrogens is 185 g/mol. The van der Waals surface area contributed by atoms with E-state index in [9.17, 15) is 4.39 Å². The molecule has 0 aromatic heterocycles. The predicted octanol–water partition coefficient (Wildman–Crippen LogP) is 2.40. The van der Waals surface area contributed by atoms with Crippen molar-refractivity contribution in [3.8, 4) is 0 Å². The maximum Gasteiger partial charge on any atom is 0.139 e. The second kappa shape index (κ2) is 5.25. The van der Waals surface area contributed by atoms with Gasteiger partial charge in [0.2, 0.25) is 0 Å². The van der Waals surface area contributed by atoms with Crippen molar-refractivity contribution >= 4 is 12.6 Å². The molecule has 0 spiro atoms. The lowest BCUT2D eigenvalue weighted by Gasteiger charge is -2.03. The molecule has 2 N–H and O–H groups in total. The first-order valence-electron chi connectivity index (χ1n) is 4.42. The van der Waals surface area contributed by atoms with Gasteiger partial charge < -0.3 is 5.73 Å². The van der Waals surface area contributed by atoms with Crippen LogP contribution < -0.4 is 5.73 Å². The van der Waals surface area contributed by atoms with Crippen LogP contribution in [0.15, 0.2) is 23.1 Å². The number of benzene rings is 1. The fraction of sp³-hybridized carbons (Fsp3) is 0.400. The minimum atomic E-state index is -0.192. The Labute approximate surface area is 83.6 Å². The summed E-state index contributed by atoms with van der Waals surface area (Å²) in [6, 6.07) is 5.28. The van der Waals surface area contributed by atoms with Crippen LogP contribution >= 0.6 is 12.6 Å². The van der Waals surface area contributed by atoms with Gasteiger partial charge in [-0.1, -0.05) is 12.1 Å². The van der Waals surface area contributed by atoms with Crippen LogP contribution in [0.5, 0.6) is 0 Å². The van der Waals surface area contributed by atoms with Crippen LogP contribution in [0.1, 0.15) is 18.4 Å². The van der Waals surface area contributed by atoms with E-state index in [2.05, 4.69) is 12.6 Å². The molecule has 0 aliphatic rings. The molecular formula is C10H14FNS. The number of hydrogen-bond acceptors (Lipinski definition) is 2. The van der Waals surface area contributed by atoms with E-state index in [1.807, 2.05) is 6.07 Å². The van der Waals surface area contributed by atoms with Gasteiger partial charge in [0.05, 0.1) is 0 Å². The van der Waals surface area contributed by atoms with Crippen LogP contribution in [0.2, 0.25) is 0 Å². The van der Waals surface area contributed by atoms with Crippen molar-refractivity contribution in [2.45, 2.75) is 24.2 Å². The summed E-state index contributed by atoms with van der Waals surface area (Å²) in [5.41, 5.74) is 6.09. The molecule has 0 bridgehead atoms. The van der Waals surface area contributed by atoms with E-state index >= 15 is 0 Å². The molecule has 1 nitrogen and oxygen atoms in total. The largest absolute Gasteiger partial charge is 0.330 e. The number of rotatable bonds is 4. The molecule has 3 heteroatoms. The Balaban J connectivity index is 2.61. The number of thiol groups is 1. The highest BCUT2D eigenvalue weighted by atomic mass is 32.1. The quantitative estimate of drug-likeness (QED) is 0.565. The number of halogens is 1. The molecule has 72 valence electrons. The van der Waals surface area contributed by atoms with Gasteiger partial charge in [0.1, 0.15) is 5.82 Å². The highest BCUT2D eigenvalue weighted by Crippen LogP contribution is 2.17. The van der Waals surface area contributed by atoms with Crippen molar-refractivity contribution in [1.29, 1.82) is 0 Å². The van der Waals surface area contributed by atoms with Crippen molar-refractivity contribution < 1.29 is 4.39 Å². The van der Waals surface area contributed by atoms with E-state index in [0.717, 1.165) is 24.8 Å². The standard InChI is InChI=1S/C10H14FNS/c11-10-8(4-1-2-7-12)5-3-6-9(10)13/h3,5-6,13H,1-2,4,7,12H2. The Kier molecular flexibility index (Phi) is 4.25. The van der Waals surface area contributed by atoms with E-state index < -0.39 is 0 Å². The molecule has 0 heterocycles. The third-order valence-corrected chi connectivity index (χ3v) is 2.30. The first-order valence-corrected chi connectivity index (χ1v) is 4.87. The molecule has 0 aliphatic heterocycles. The fourth-order valence-corrected chi connectivity index (χ4v) is 1.45. The summed E-state index contributed by atoms with van der Waals surface area (Å²) in [6.07, 6.45) is 2.62. The second-order valence-electron chi connectivity index (χ2n) is 3.00. The summed E-state index contributed by atoms with van der Waals surface area (Å²) in [6.45, 7) is 0.669. The lowest BCUT2D eigenvalue weighted by atomic mass is 10.1. The van der Waals surface area contributed by atoms with Gasteiger partial charge in [-0.2, -0.15) is 0 Å². The number of aryl methyl sites for hydroxylation is 1. The molecule has 1 aromatic carbocycles. The summed E-state index contributed by atoms with van der Waals surface area (Å²) in [4.78, 5) is 0.422. The van der Waals surface area contributed by atoms with Crippen LogP contribution in [0.25, 0.3) is 0 Å². The molecule has 0 atom stereocenters. The first-order chi connectivity index (χ1) is 6.25. The van der Waals surface area contributed by atoms with Gasteiger partial charge in [-0.05, 0) is 37.4 Å². The average molecular weight is 199 g/mol. The summed E-state index contributed by atoms with van der Waals surface area (Å²) < 4.78 is 13.3. The minimum absolute atomic E-state index is 0.192. The molecule has 0 saturated carbocycles. The maximum absolute atomic E-state index is 13.3. The normalized spacial score (nSPS) is 10.4. The topological polar surface area (TPSA) is 26.0 Å². The van der Waals surface area contributed by atoms with Crippen molar-refractivity contribution in [2.75, 3.05) is 6.54 Å². The van der Waals surface area contributed by atoms with Gasteiger partial charge in [0.15, 0.2) is 0 Å². The predicted molar refractivity (Wildman–Crippen MR) is 55.6 cm³/mol. The molecule has 13 heavy (non-hydrogen) atoms. The summed E-state index contributed by atoms with van der Waals surface area (Å²) in [5, 5.41) is 0. The van der Waals surface area contributed by atoms with Crippen molar-refractivity contribution in [3.63, 3.8) is 0 Å². The van der Waals surface area contributed by atoms with E-state index in [-0.39, 0.29) is 5.82 Å². The lowest BCUT2D eigenvalue weighted by molar-refractivity contribution is 0.578. The van der Waals surface area contributed by atoms with Gasteiger partial charge in [0.25, 0.3) is 0 Å². The van der Waals surface area contributed by atoms with Crippen molar-refractivity contribution in [2.24, 2.45) is 5.73 Å². The Hall–Kier alpha value is -0.540. The molecule has 0 fully saturated rings. The Morgan fingerprint density at radius 3 is 2.77 bits per heavy atom. The van der Waals surface area contributed by atoms with E-state index in [1.54, 1.807) is 12.1 Å². The molecule has 0 amide bonds. The molecule has 0 unspecified atom stereocenters. The zero-order valence-corrected chi connectivity index (χ0v) is 8.36.